The number of unbranched alkanes of at least 4 members (excludes halogenated alkanes) is 28. The number of carbonyl (C=O) groups excluding carboxylic acids is 2. The number of rotatable bonds is 47. The average molecular weight is 868 g/mol. The molecule has 0 aromatic rings. The van der Waals surface area contributed by atoms with Crippen LogP contribution in [0.1, 0.15) is 258 Å². The molecule has 3 unspecified atom stereocenters. The van der Waals surface area contributed by atoms with Gasteiger partial charge in [0.2, 0.25) is 5.91 Å². The number of nitrogens with one attached hydrogen (secondary N) is 1. The van der Waals surface area contributed by atoms with Gasteiger partial charge in [-0.2, -0.15) is 0 Å². The Kier molecular flexibility index (Phi) is 47.6. The molecule has 0 aliphatic heterocycles. The van der Waals surface area contributed by atoms with Gasteiger partial charge < -0.3 is 20.3 Å². The van der Waals surface area contributed by atoms with Crippen LogP contribution in [-0.4, -0.2) is 46.9 Å². The first-order valence-electron chi connectivity index (χ1n) is 26.6. The Morgan fingerprint density at radius 2 is 0.887 bits per heavy atom. The van der Waals surface area contributed by atoms with E-state index in [1.165, 1.54) is 135 Å². The van der Waals surface area contributed by atoms with E-state index in [2.05, 4.69) is 62.5 Å². The van der Waals surface area contributed by atoms with Gasteiger partial charge in [-0.25, -0.2) is 0 Å². The maximum atomic E-state index is 13.2. The lowest BCUT2D eigenvalue weighted by molar-refractivity contribution is -0.151. The van der Waals surface area contributed by atoms with E-state index in [0.29, 0.717) is 19.3 Å². The summed E-state index contributed by atoms with van der Waals surface area (Å²) in [6.45, 7) is 6.34. The molecule has 0 saturated heterocycles. The summed E-state index contributed by atoms with van der Waals surface area (Å²) in [5.74, 6) is -0.524. The maximum Gasteiger partial charge on any atom is 0.306 e. The number of amides is 1. The van der Waals surface area contributed by atoms with Gasteiger partial charge in [-0.15, -0.1) is 0 Å². The van der Waals surface area contributed by atoms with Crippen molar-refractivity contribution in [2.24, 2.45) is 0 Å². The van der Waals surface area contributed by atoms with Gasteiger partial charge in [0.25, 0.3) is 0 Å². The third kappa shape index (κ3) is 44.2. The Morgan fingerprint density at radius 3 is 1.37 bits per heavy atom. The Labute approximate surface area is 384 Å². The van der Waals surface area contributed by atoms with Gasteiger partial charge in [-0.1, -0.05) is 236 Å². The second-order valence-electron chi connectivity index (χ2n) is 18.0. The molecule has 0 heterocycles. The van der Waals surface area contributed by atoms with Crippen molar-refractivity contribution in [1.29, 1.82) is 0 Å². The van der Waals surface area contributed by atoms with Crippen LogP contribution < -0.4 is 5.32 Å². The van der Waals surface area contributed by atoms with Crippen molar-refractivity contribution < 1.29 is 24.5 Å². The third-order valence-electron chi connectivity index (χ3n) is 11.9. The summed E-state index contributed by atoms with van der Waals surface area (Å²) in [6, 6.07) is -0.714. The SMILES string of the molecule is CC/C=C/C=C/C=C\C=C/CCCCCC(=O)OC(CCCCCCC/C=C/CCCCCCCC)CC(=O)NC(CO)C(O)CCCCCCCCCCCCCCCCC. The zero-order chi connectivity index (χ0) is 45.2. The lowest BCUT2D eigenvalue weighted by Gasteiger charge is -2.24. The molecule has 0 rings (SSSR count). The Morgan fingerprint density at radius 1 is 0.484 bits per heavy atom. The molecule has 0 aromatic heterocycles. The van der Waals surface area contributed by atoms with Crippen LogP contribution in [-0.2, 0) is 14.3 Å². The molecule has 0 fully saturated rings. The van der Waals surface area contributed by atoms with Crippen LogP contribution in [0.15, 0.2) is 60.8 Å². The first-order chi connectivity index (χ1) is 30.5. The molecule has 3 atom stereocenters. The molecular formula is C56H101NO5. The summed E-state index contributed by atoms with van der Waals surface area (Å²) in [6.07, 6.45) is 61.4. The standard InChI is InChI=1S/C56H101NO5/c1-4-7-10-13-16-19-22-25-27-30-32-35-38-41-44-47-52(62-56(61)49-46-43-40-37-34-29-24-21-18-15-12-9-6-3)50-55(60)57-53(51-58)54(59)48-45-42-39-36-33-31-28-26-23-20-17-14-11-8-5-2/h9,12,15,18,21,24-25,27,29,34,52-54,58-59H,4-8,10-11,13-14,16-17,19-20,22-23,26,28,30-33,35-51H2,1-3H3,(H,57,60)/b12-9+,18-15+,24-21-,27-25+,34-29-. The van der Waals surface area contributed by atoms with E-state index >= 15 is 0 Å². The zero-order valence-corrected chi connectivity index (χ0v) is 41.0. The van der Waals surface area contributed by atoms with Gasteiger partial charge in [0.15, 0.2) is 0 Å². The Balaban J connectivity index is 4.62. The highest BCUT2D eigenvalue weighted by molar-refractivity contribution is 5.77. The fourth-order valence-corrected chi connectivity index (χ4v) is 7.91. The van der Waals surface area contributed by atoms with E-state index in [-0.39, 0.29) is 24.9 Å². The van der Waals surface area contributed by atoms with Crippen molar-refractivity contribution in [1.82, 2.24) is 5.32 Å². The monoisotopic (exact) mass is 868 g/mol. The van der Waals surface area contributed by atoms with Crippen LogP contribution in [0.25, 0.3) is 0 Å². The fourth-order valence-electron chi connectivity index (χ4n) is 7.91. The van der Waals surface area contributed by atoms with Crippen molar-refractivity contribution in [3.05, 3.63) is 60.8 Å². The molecular weight excluding hydrogens is 767 g/mol. The molecule has 0 radical (unpaired) electrons. The molecule has 0 spiro atoms. The highest BCUT2D eigenvalue weighted by atomic mass is 16.5. The molecule has 6 nitrogen and oxygen atoms in total. The van der Waals surface area contributed by atoms with Gasteiger partial charge in [0, 0.05) is 6.42 Å². The van der Waals surface area contributed by atoms with Crippen molar-refractivity contribution in [3.63, 3.8) is 0 Å². The van der Waals surface area contributed by atoms with Crippen molar-refractivity contribution in [2.45, 2.75) is 277 Å². The Bertz CT molecular complexity index is 1110. The first kappa shape index (κ1) is 59.6. The third-order valence-corrected chi connectivity index (χ3v) is 11.9. The van der Waals surface area contributed by atoms with E-state index in [1.54, 1.807) is 0 Å². The minimum atomic E-state index is -0.798. The van der Waals surface area contributed by atoms with E-state index < -0.39 is 18.2 Å². The van der Waals surface area contributed by atoms with Crippen LogP contribution in [0.4, 0.5) is 0 Å². The minimum absolute atomic E-state index is 0.0553. The van der Waals surface area contributed by atoms with E-state index in [1.807, 2.05) is 24.3 Å². The highest BCUT2D eigenvalue weighted by Gasteiger charge is 2.24. The molecule has 3 N–H and O–H groups in total. The number of hydrogen-bond donors (Lipinski definition) is 3. The highest BCUT2D eigenvalue weighted by Crippen LogP contribution is 2.18. The maximum absolute atomic E-state index is 13.2. The smallest absolute Gasteiger partial charge is 0.306 e. The van der Waals surface area contributed by atoms with E-state index in [0.717, 1.165) is 77.0 Å². The number of allylic oxidation sites excluding steroid dienone is 10. The number of esters is 1. The molecule has 1 amide bonds. The second-order valence-corrected chi connectivity index (χ2v) is 18.0. The molecule has 0 saturated carbocycles. The summed E-state index contributed by atoms with van der Waals surface area (Å²) in [7, 11) is 0. The summed E-state index contributed by atoms with van der Waals surface area (Å²) in [5.41, 5.74) is 0. The van der Waals surface area contributed by atoms with Gasteiger partial charge >= 0.3 is 5.97 Å². The van der Waals surface area contributed by atoms with Gasteiger partial charge in [-0.3, -0.25) is 9.59 Å². The molecule has 62 heavy (non-hydrogen) atoms. The predicted octanol–water partition coefficient (Wildman–Crippen LogP) is 16.0. The number of hydrogen-bond acceptors (Lipinski definition) is 5. The fraction of sp³-hybridized carbons (Fsp3) is 0.786. The van der Waals surface area contributed by atoms with Crippen molar-refractivity contribution >= 4 is 11.9 Å². The van der Waals surface area contributed by atoms with Crippen LogP contribution in [0.5, 0.6) is 0 Å². The predicted molar refractivity (Wildman–Crippen MR) is 268 cm³/mol. The molecule has 0 aliphatic carbocycles. The summed E-state index contributed by atoms with van der Waals surface area (Å²) in [4.78, 5) is 26.1. The molecule has 0 aliphatic rings. The number of ether oxygens (including phenoxy) is 1. The topological polar surface area (TPSA) is 95.9 Å². The quantitative estimate of drug-likeness (QED) is 0.0245. The lowest BCUT2D eigenvalue weighted by atomic mass is 10.0. The van der Waals surface area contributed by atoms with Crippen molar-refractivity contribution in [2.75, 3.05) is 6.61 Å². The van der Waals surface area contributed by atoms with Crippen molar-refractivity contribution in [3.8, 4) is 0 Å². The van der Waals surface area contributed by atoms with E-state index in [9.17, 15) is 19.8 Å². The summed E-state index contributed by atoms with van der Waals surface area (Å²) in [5, 5.41) is 23.8. The normalized spacial score (nSPS) is 13.7. The summed E-state index contributed by atoms with van der Waals surface area (Å²) >= 11 is 0. The average Bonchev–Trinajstić information content (AvgIpc) is 3.26. The number of aliphatic hydroxyl groups excluding tert-OH is 2. The minimum Gasteiger partial charge on any atom is -0.462 e. The number of carbonyl (C=O) groups is 2. The van der Waals surface area contributed by atoms with E-state index in [4.69, 9.17) is 4.74 Å². The van der Waals surface area contributed by atoms with Crippen LogP contribution >= 0.6 is 0 Å². The zero-order valence-electron chi connectivity index (χ0n) is 41.0. The molecule has 0 aromatic carbocycles. The Hall–Kier alpha value is -2.44. The molecule has 0 bridgehead atoms. The molecule has 6 heteroatoms. The van der Waals surface area contributed by atoms with Crippen LogP contribution in [0, 0.1) is 0 Å². The second kappa shape index (κ2) is 49.6. The van der Waals surface area contributed by atoms with Gasteiger partial charge in [0.05, 0.1) is 25.2 Å². The van der Waals surface area contributed by atoms with Crippen LogP contribution in [0.2, 0.25) is 0 Å². The lowest BCUT2D eigenvalue weighted by Crippen LogP contribution is -2.46. The molecule has 360 valence electrons. The first-order valence-corrected chi connectivity index (χ1v) is 26.6. The van der Waals surface area contributed by atoms with Gasteiger partial charge in [0.1, 0.15) is 6.10 Å². The van der Waals surface area contributed by atoms with Crippen LogP contribution in [0.3, 0.4) is 0 Å². The van der Waals surface area contributed by atoms with Gasteiger partial charge in [-0.05, 0) is 70.6 Å². The largest absolute Gasteiger partial charge is 0.462 e. The number of aliphatic hydroxyl groups is 2. The summed E-state index contributed by atoms with van der Waals surface area (Å²) < 4.78 is 5.92.